The van der Waals surface area contributed by atoms with E-state index in [1.807, 2.05) is 18.2 Å². The van der Waals surface area contributed by atoms with E-state index in [-0.39, 0.29) is 17.5 Å². The Kier molecular flexibility index (Phi) is 3.63. The Balaban J connectivity index is 2.22. The fourth-order valence-corrected chi connectivity index (χ4v) is 1.58. The zero-order chi connectivity index (χ0) is 13.0. The first kappa shape index (κ1) is 12.2. The van der Waals surface area contributed by atoms with Crippen LogP contribution in [-0.4, -0.2) is 19.1 Å². The largest absolute Gasteiger partial charge is 0.496 e. The molecule has 0 heterocycles. The van der Waals surface area contributed by atoms with E-state index >= 15 is 0 Å². The summed E-state index contributed by atoms with van der Waals surface area (Å²) in [6.07, 6.45) is 3.55. The lowest BCUT2D eigenvalue weighted by Crippen LogP contribution is -2.26. The van der Waals surface area contributed by atoms with Gasteiger partial charge in [-0.1, -0.05) is 18.2 Å². The molecule has 0 bridgehead atoms. The predicted octanol–water partition coefficient (Wildman–Crippen LogP) is 1.88. The Morgan fingerprint density at radius 2 is 2.22 bits per heavy atom. The number of rotatable bonds is 4. The first-order valence-electron chi connectivity index (χ1n) is 5.80. The molecule has 1 amide bonds. The topological polar surface area (TPSA) is 62.1 Å². The number of carbonyl (C=O) groups is 1. The summed E-state index contributed by atoms with van der Waals surface area (Å²) in [4.78, 5) is 11.8. The van der Waals surface area contributed by atoms with Crippen molar-refractivity contribution in [3.63, 3.8) is 0 Å². The highest BCUT2D eigenvalue weighted by atomic mass is 16.5. The predicted molar refractivity (Wildman–Crippen MR) is 67.7 cm³/mol. The van der Waals surface area contributed by atoms with Crippen molar-refractivity contribution in [3.8, 4) is 11.8 Å². The lowest BCUT2D eigenvalue weighted by atomic mass is 10.1. The standard InChI is InChI=1S/C14H14N2O2/c1-18-13-5-3-2-4-10(13)8-11(9-15)14(17)16-12-6-7-12/h2-5,8,12H,6-7H2,1H3,(H,16,17)/b11-8+. The molecule has 1 saturated carbocycles. The third kappa shape index (κ3) is 2.89. The summed E-state index contributed by atoms with van der Waals surface area (Å²) in [6.45, 7) is 0. The fraction of sp³-hybridized carbons (Fsp3) is 0.286. The maximum Gasteiger partial charge on any atom is 0.262 e. The summed E-state index contributed by atoms with van der Waals surface area (Å²) in [5, 5.41) is 11.8. The third-order valence-electron chi connectivity index (χ3n) is 2.72. The molecule has 1 aromatic carbocycles. The number of amides is 1. The van der Waals surface area contributed by atoms with Gasteiger partial charge in [-0.05, 0) is 25.0 Å². The van der Waals surface area contributed by atoms with Crippen molar-refractivity contribution in [1.29, 1.82) is 5.26 Å². The van der Waals surface area contributed by atoms with Gasteiger partial charge in [0.1, 0.15) is 17.4 Å². The van der Waals surface area contributed by atoms with Gasteiger partial charge in [0.05, 0.1) is 7.11 Å². The van der Waals surface area contributed by atoms with Gasteiger partial charge in [0.2, 0.25) is 0 Å². The Labute approximate surface area is 106 Å². The average molecular weight is 242 g/mol. The van der Waals surface area contributed by atoms with Crippen molar-refractivity contribution in [1.82, 2.24) is 5.32 Å². The number of nitrogens with one attached hydrogen (secondary N) is 1. The van der Waals surface area contributed by atoms with Crippen LogP contribution < -0.4 is 10.1 Å². The van der Waals surface area contributed by atoms with Crippen molar-refractivity contribution in [2.24, 2.45) is 0 Å². The number of hydrogen-bond donors (Lipinski definition) is 1. The van der Waals surface area contributed by atoms with Crippen LogP contribution in [0.4, 0.5) is 0 Å². The van der Waals surface area contributed by atoms with Crippen LogP contribution in [0.1, 0.15) is 18.4 Å². The monoisotopic (exact) mass is 242 g/mol. The molecule has 0 atom stereocenters. The molecular formula is C14H14N2O2. The van der Waals surface area contributed by atoms with E-state index < -0.39 is 0 Å². The van der Waals surface area contributed by atoms with Crippen LogP contribution in [-0.2, 0) is 4.79 Å². The van der Waals surface area contributed by atoms with E-state index in [1.165, 1.54) is 0 Å². The van der Waals surface area contributed by atoms with Gasteiger partial charge in [0, 0.05) is 11.6 Å². The minimum atomic E-state index is -0.314. The number of carbonyl (C=O) groups excluding carboxylic acids is 1. The van der Waals surface area contributed by atoms with Crippen LogP contribution >= 0.6 is 0 Å². The quantitative estimate of drug-likeness (QED) is 0.647. The number of nitriles is 1. The normalized spacial score (nSPS) is 14.8. The molecule has 0 aromatic heterocycles. The highest BCUT2D eigenvalue weighted by molar-refractivity contribution is 6.02. The van der Waals surface area contributed by atoms with Crippen molar-refractivity contribution in [2.75, 3.05) is 7.11 Å². The molecular weight excluding hydrogens is 228 g/mol. The molecule has 1 aliphatic rings. The molecule has 1 aromatic rings. The summed E-state index contributed by atoms with van der Waals surface area (Å²) < 4.78 is 5.18. The van der Waals surface area contributed by atoms with E-state index in [9.17, 15) is 4.79 Å². The van der Waals surface area contributed by atoms with Crippen molar-refractivity contribution >= 4 is 12.0 Å². The molecule has 1 aliphatic carbocycles. The van der Waals surface area contributed by atoms with Gasteiger partial charge >= 0.3 is 0 Å². The van der Waals surface area contributed by atoms with Crippen LogP contribution in [0.15, 0.2) is 29.8 Å². The number of hydrogen-bond acceptors (Lipinski definition) is 3. The Morgan fingerprint density at radius 1 is 1.50 bits per heavy atom. The average Bonchev–Trinajstić information content (AvgIpc) is 3.20. The molecule has 0 saturated heterocycles. The van der Waals surface area contributed by atoms with Crippen molar-refractivity contribution in [2.45, 2.75) is 18.9 Å². The molecule has 0 spiro atoms. The fourth-order valence-electron chi connectivity index (χ4n) is 1.58. The van der Waals surface area contributed by atoms with Gasteiger partial charge in [-0.3, -0.25) is 4.79 Å². The molecule has 2 rings (SSSR count). The highest BCUT2D eigenvalue weighted by Gasteiger charge is 2.24. The summed E-state index contributed by atoms with van der Waals surface area (Å²) in [6, 6.07) is 9.44. The van der Waals surface area contributed by atoms with Crippen LogP contribution in [0, 0.1) is 11.3 Å². The van der Waals surface area contributed by atoms with Gasteiger partial charge in [0.15, 0.2) is 0 Å². The number of nitrogens with zero attached hydrogens (tertiary/aromatic N) is 1. The zero-order valence-electron chi connectivity index (χ0n) is 10.1. The van der Waals surface area contributed by atoms with E-state index in [0.29, 0.717) is 5.75 Å². The maximum absolute atomic E-state index is 11.8. The lowest BCUT2D eigenvalue weighted by Gasteiger charge is -2.05. The van der Waals surface area contributed by atoms with E-state index in [1.54, 1.807) is 25.3 Å². The first-order chi connectivity index (χ1) is 8.74. The zero-order valence-corrected chi connectivity index (χ0v) is 10.1. The number of benzene rings is 1. The van der Waals surface area contributed by atoms with Crippen molar-refractivity contribution < 1.29 is 9.53 Å². The summed E-state index contributed by atoms with van der Waals surface area (Å²) in [5.41, 5.74) is 0.828. The van der Waals surface area contributed by atoms with Gasteiger partial charge in [-0.2, -0.15) is 5.26 Å². The summed E-state index contributed by atoms with van der Waals surface area (Å²) in [5.74, 6) is 0.329. The molecule has 4 nitrogen and oxygen atoms in total. The Bertz CT molecular complexity index is 525. The van der Waals surface area contributed by atoms with Crippen molar-refractivity contribution in [3.05, 3.63) is 35.4 Å². The van der Waals surface area contributed by atoms with Gasteiger partial charge < -0.3 is 10.1 Å². The summed E-state index contributed by atoms with van der Waals surface area (Å²) >= 11 is 0. The van der Waals surface area contributed by atoms with Crippen LogP contribution in [0.5, 0.6) is 5.75 Å². The highest BCUT2D eigenvalue weighted by Crippen LogP contribution is 2.22. The van der Waals surface area contributed by atoms with Gasteiger partial charge in [-0.25, -0.2) is 0 Å². The van der Waals surface area contributed by atoms with E-state index in [2.05, 4.69) is 5.32 Å². The Morgan fingerprint density at radius 3 is 2.83 bits per heavy atom. The minimum absolute atomic E-state index is 0.103. The third-order valence-corrected chi connectivity index (χ3v) is 2.72. The van der Waals surface area contributed by atoms with Crippen LogP contribution in [0.3, 0.4) is 0 Å². The molecule has 4 heteroatoms. The number of methoxy groups -OCH3 is 1. The lowest BCUT2D eigenvalue weighted by molar-refractivity contribution is -0.117. The second kappa shape index (κ2) is 5.37. The minimum Gasteiger partial charge on any atom is -0.496 e. The number of para-hydroxylation sites is 1. The summed E-state index contributed by atoms with van der Waals surface area (Å²) in [7, 11) is 1.56. The maximum atomic E-state index is 11.8. The Hall–Kier alpha value is -2.28. The van der Waals surface area contributed by atoms with Gasteiger partial charge in [0.25, 0.3) is 5.91 Å². The smallest absolute Gasteiger partial charge is 0.262 e. The molecule has 0 unspecified atom stereocenters. The molecule has 92 valence electrons. The molecule has 1 N–H and O–H groups in total. The second-order valence-corrected chi connectivity index (χ2v) is 4.16. The second-order valence-electron chi connectivity index (χ2n) is 4.16. The van der Waals surface area contributed by atoms with Crippen LogP contribution in [0.25, 0.3) is 6.08 Å². The van der Waals surface area contributed by atoms with E-state index in [0.717, 1.165) is 18.4 Å². The molecule has 1 fully saturated rings. The van der Waals surface area contributed by atoms with Gasteiger partial charge in [-0.15, -0.1) is 0 Å². The molecule has 18 heavy (non-hydrogen) atoms. The van der Waals surface area contributed by atoms with Crippen LogP contribution in [0.2, 0.25) is 0 Å². The van der Waals surface area contributed by atoms with E-state index in [4.69, 9.17) is 10.00 Å². The molecule has 0 radical (unpaired) electrons. The first-order valence-corrected chi connectivity index (χ1v) is 5.80. The number of ether oxygens (including phenoxy) is 1. The molecule has 0 aliphatic heterocycles. The SMILES string of the molecule is COc1ccccc1/C=C(\C#N)C(=O)NC1CC1.